The van der Waals surface area contributed by atoms with E-state index in [9.17, 15) is 13.6 Å². The molecule has 2 aromatic heterocycles. The summed E-state index contributed by atoms with van der Waals surface area (Å²) in [6.45, 7) is 2.68. The zero-order chi connectivity index (χ0) is 20.4. The van der Waals surface area contributed by atoms with E-state index in [1.165, 1.54) is 35.2 Å². The number of hydrogen-bond acceptors (Lipinski definition) is 7. The number of carbonyl (C=O) groups is 1. The van der Waals surface area contributed by atoms with Crippen LogP contribution in [0.2, 0.25) is 0 Å². The Morgan fingerprint density at radius 1 is 1.25 bits per heavy atom. The van der Waals surface area contributed by atoms with Gasteiger partial charge in [-0.2, -0.15) is 8.78 Å². The first kappa shape index (κ1) is 20.3. The van der Waals surface area contributed by atoms with Crippen molar-refractivity contribution in [2.24, 2.45) is 0 Å². The van der Waals surface area contributed by atoms with E-state index in [0.717, 1.165) is 17.1 Å². The second-order valence-corrected chi connectivity index (χ2v) is 8.62. The van der Waals surface area contributed by atoms with E-state index >= 15 is 0 Å². The first-order valence-corrected chi connectivity index (χ1v) is 10.00. The normalized spacial score (nSPS) is 12.4. The topological polar surface area (TPSA) is 83.0 Å². The number of nitrogens with zero attached hydrogens (tertiary/aromatic N) is 3. The molecule has 0 aliphatic heterocycles. The summed E-state index contributed by atoms with van der Waals surface area (Å²) in [6.07, 6.45) is 0. The number of rotatable bonds is 7. The number of aryl methyl sites for hydroxylation is 1. The van der Waals surface area contributed by atoms with Gasteiger partial charge in [-0.25, -0.2) is 0 Å². The van der Waals surface area contributed by atoms with Crippen LogP contribution in [0.1, 0.15) is 28.7 Å². The van der Waals surface area contributed by atoms with Crippen LogP contribution in [0.4, 0.5) is 13.9 Å². The number of nitrogens with two attached hydrogens (primary N) is 1. The molecule has 2 heterocycles. The molecule has 3 aromatic rings. The van der Waals surface area contributed by atoms with Gasteiger partial charge < -0.3 is 15.0 Å². The van der Waals surface area contributed by atoms with E-state index in [2.05, 4.69) is 14.9 Å². The van der Waals surface area contributed by atoms with E-state index in [0.29, 0.717) is 15.0 Å². The number of hydrogen-bond donors (Lipinski definition) is 1. The lowest BCUT2D eigenvalue weighted by atomic mass is 10.1. The number of nitrogen functional groups attached to an aromatic ring is 1. The molecule has 2 N–H and O–H groups in total. The van der Waals surface area contributed by atoms with E-state index in [1.54, 1.807) is 12.1 Å². The quantitative estimate of drug-likeness (QED) is 0.444. The average Bonchev–Trinajstić information content (AvgIpc) is 3.17. The van der Waals surface area contributed by atoms with Gasteiger partial charge in [0.25, 0.3) is 0 Å². The molecule has 148 valence electrons. The zero-order valence-corrected chi connectivity index (χ0v) is 17.0. The van der Waals surface area contributed by atoms with E-state index in [4.69, 9.17) is 5.73 Å². The predicted molar refractivity (Wildman–Crippen MR) is 106 cm³/mol. The molecule has 0 fully saturated rings. The Morgan fingerprint density at radius 2 is 1.93 bits per heavy atom. The van der Waals surface area contributed by atoms with Gasteiger partial charge in [0, 0.05) is 22.6 Å². The van der Waals surface area contributed by atoms with Gasteiger partial charge in [-0.3, -0.25) is 4.79 Å². The van der Waals surface area contributed by atoms with Gasteiger partial charge in [-0.05, 0) is 51.1 Å². The van der Waals surface area contributed by atoms with Crippen molar-refractivity contribution in [1.82, 2.24) is 14.8 Å². The van der Waals surface area contributed by atoms with Crippen molar-refractivity contribution in [2.75, 3.05) is 5.73 Å². The molecule has 0 unspecified atom stereocenters. The second-order valence-electron chi connectivity index (χ2n) is 6.02. The molecule has 0 amide bonds. The Balaban J connectivity index is 1.83. The van der Waals surface area contributed by atoms with Gasteiger partial charge in [0.1, 0.15) is 5.75 Å². The summed E-state index contributed by atoms with van der Waals surface area (Å²) in [5, 5.41) is 7.69. The van der Waals surface area contributed by atoms with Crippen LogP contribution in [0.3, 0.4) is 0 Å². The van der Waals surface area contributed by atoms with Gasteiger partial charge in [0.15, 0.2) is 10.1 Å². The number of benzene rings is 1. The number of aromatic nitrogens is 3. The Hall–Kier alpha value is -2.46. The van der Waals surface area contributed by atoms with Crippen LogP contribution >= 0.6 is 23.1 Å². The third kappa shape index (κ3) is 4.33. The van der Waals surface area contributed by atoms with Crippen LogP contribution in [-0.4, -0.2) is 32.4 Å². The first-order chi connectivity index (χ1) is 13.3. The fourth-order valence-electron chi connectivity index (χ4n) is 2.88. The highest BCUT2D eigenvalue weighted by molar-refractivity contribution is 8.02. The van der Waals surface area contributed by atoms with Crippen molar-refractivity contribution in [3.63, 3.8) is 0 Å². The Morgan fingerprint density at radius 3 is 2.50 bits per heavy atom. The summed E-state index contributed by atoms with van der Waals surface area (Å²) in [6, 6.07) is 8.12. The first-order valence-electron chi connectivity index (χ1n) is 8.30. The molecular formula is C18H18F2N4O2S2. The SMILES string of the molecule is Cc1cc(C(=O)[C@@H](C)Sc2nnc(N)s2)c(C)n1-c1ccc(OC(F)F)cc1. The molecule has 0 bridgehead atoms. The summed E-state index contributed by atoms with van der Waals surface area (Å²) in [7, 11) is 0. The van der Waals surface area contributed by atoms with Crippen LogP contribution in [-0.2, 0) is 0 Å². The van der Waals surface area contributed by atoms with Crippen molar-refractivity contribution < 1.29 is 18.3 Å². The predicted octanol–water partition coefficient (Wildman–Crippen LogP) is 4.49. The minimum absolute atomic E-state index is 0.0317. The molecule has 0 saturated carbocycles. The molecule has 28 heavy (non-hydrogen) atoms. The molecule has 3 rings (SSSR count). The lowest BCUT2D eigenvalue weighted by Crippen LogP contribution is -2.14. The summed E-state index contributed by atoms with van der Waals surface area (Å²) in [4.78, 5) is 12.9. The highest BCUT2D eigenvalue weighted by Crippen LogP contribution is 2.31. The minimum atomic E-state index is -2.87. The largest absolute Gasteiger partial charge is 0.435 e. The monoisotopic (exact) mass is 424 g/mol. The average molecular weight is 424 g/mol. The summed E-state index contributed by atoms with van der Waals surface area (Å²) in [5.74, 6) is 0.0506. The number of alkyl halides is 2. The van der Waals surface area contributed by atoms with Crippen LogP contribution in [0.25, 0.3) is 5.69 Å². The maximum absolute atomic E-state index is 12.9. The van der Waals surface area contributed by atoms with Crippen LogP contribution < -0.4 is 10.5 Å². The molecule has 6 nitrogen and oxygen atoms in total. The summed E-state index contributed by atoms with van der Waals surface area (Å²) < 4.78 is 31.6. The fourth-order valence-corrected chi connectivity index (χ4v) is 4.73. The fraction of sp³-hybridized carbons (Fsp3) is 0.278. The number of thioether (sulfide) groups is 1. The zero-order valence-electron chi connectivity index (χ0n) is 15.3. The highest BCUT2D eigenvalue weighted by Gasteiger charge is 2.23. The summed E-state index contributed by atoms with van der Waals surface area (Å²) in [5.41, 5.74) is 8.57. The van der Waals surface area contributed by atoms with Gasteiger partial charge in [-0.1, -0.05) is 23.1 Å². The van der Waals surface area contributed by atoms with Crippen molar-refractivity contribution in [3.05, 3.63) is 47.3 Å². The van der Waals surface area contributed by atoms with Crippen LogP contribution in [0, 0.1) is 13.8 Å². The van der Waals surface area contributed by atoms with Gasteiger partial charge in [0.05, 0.1) is 5.25 Å². The molecule has 0 spiro atoms. The Labute approximate surface area is 168 Å². The van der Waals surface area contributed by atoms with Crippen LogP contribution in [0.5, 0.6) is 5.75 Å². The number of ether oxygens (including phenoxy) is 1. The lowest BCUT2D eigenvalue weighted by Gasteiger charge is -2.12. The third-order valence-corrected chi connectivity index (χ3v) is 6.02. The number of halogens is 2. The maximum Gasteiger partial charge on any atom is 0.387 e. The molecular weight excluding hydrogens is 406 g/mol. The van der Waals surface area contributed by atoms with Gasteiger partial charge in [-0.15, -0.1) is 10.2 Å². The van der Waals surface area contributed by atoms with E-state index < -0.39 is 6.61 Å². The van der Waals surface area contributed by atoms with Crippen molar-refractivity contribution >= 4 is 34.0 Å². The molecule has 10 heteroatoms. The smallest absolute Gasteiger partial charge is 0.387 e. The number of ketones is 1. The van der Waals surface area contributed by atoms with Crippen molar-refractivity contribution in [1.29, 1.82) is 0 Å². The van der Waals surface area contributed by atoms with Gasteiger partial charge >= 0.3 is 6.61 Å². The highest BCUT2D eigenvalue weighted by atomic mass is 32.2. The lowest BCUT2D eigenvalue weighted by molar-refractivity contribution is -0.0498. The standard InChI is InChI=1S/C18H18F2N4O2S2/c1-9-8-14(15(25)11(3)27-18-23-22-17(21)28-18)10(2)24(9)12-4-6-13(7-5-12)26-16(19)20/h4-8,11,16H,1-3H3,(H2,21,22)/t11-/m1/s1. The summed E-state index contributed by atoms with van der Waals surface area (Å²) >= 11 is 2.55. The maximum atomic E-state index is 12.9. The molecule has 1 atom stereocenters. The second kappa shape index (κ2) is 8.27. The number of anilines is 1. The number of carbonyl (C=O) groups excluding carboxylic acids is 1. The van der Waals surface area contributed by atoms with Crippen LogP contribution in [0.15, 0.2) is 34.7 Å². The minimum Gasteiger partial charge on any atom is -0.435 e. The molecule has 1 aromatic carbocycles. The Kier molecular flexibility index (Phi) is 5.99. The van der Waals surface area contributed by atoms with Gasteiger partial charge in [0.2, 0.25) is 5.13 Å². The molecule has 0 saturated heterocycles. The third-order valence-electron chi connectivity index (χ3n) is 4.09. The Bertz CT molecular complexity index is 986. The van der Waals surface area contributed by atoms with Crippen molar-refractivity contribution in [3.8, 4) is 11.4 Å². The molecule has 0 aliphatic rings. The van der Waals surface area contributed by atoms with Crippen molar-refractivity contribution in [2.45, 2.75) is 37.0 Å². The van der Waals surface area contributed by atoms with E-state index in [-0.39, 0.29) is 16.8 Å². The van der Waals surface area contributed by atoms with E-state index in [1.807, 2.05) is 31.4 Å². The molecule has 0 radical (unpaired) electrons. The molecule has 0 aliphatic carbocycles. The number of Topliss-reactive ketones (excluding diaryl/α,β-unsaturated/α-hetero) is 1.